The van der Waals surface area contributed by atoms with E-state index in [0.717, 1.165) is 49.7 Å². The van der Waals surface area contributed by atoms with Crippen molar-refractivity contribution in [1.82, 2.24) is 9.80 Å². The summed E-state index contributed by atoms with van der Waals surface area (Å²) in [6.07, 6.45) is 2.58. The molecule has 1 aromatic carbocycles. The summed E-state index contributed by atoms with van der Waals surface area (Å²) in [6.45, 7) is 4.32. The summed E-state index contributed by atoms with van der Waals surface area (Å²) in [5.41, 5.74) is 6.57. The van der Waals surface area contributed by atoms with Crippen LogP contribution in [-0.2, 0) is 9.59 Å². The molecule has 0 spiro atoms. The lowest BCUT2D eigenvalue weighted by molar-refractivity contribution is -0.142. The number of amides is 2. The molecule has 136 valence electrons. The maximum Gasteiger partial charge on any atom is 0.240 e. The fourth-order valence-corrected chi connectivity index (χ4v) is 3.83. The van der Waals surface area contributed by atoms with E-state index in [1.165, 1.54) is 0 Å². The number of nitrogens with two attached hydrogens (primary N) is 1. The molecule has 0 saturated carbocycles. The highest BCUT2D eigenvalue weighted by Crippen LogP contribution is 2.21. The number of nitrogens with zero attached hydrogens (tertiary/aromatic N) is 3. The molecule has 3 rings (SSSR count). The van der Waals surface area contributed by atoms with E-state index in [0.29, 0.717) is 19.5 Å². The van der Waals surface area contributed by atoms with E-state index in [9.17, 15) is 9.59 Å². The van der Waals surface area contributed by atoms with Crippen LogP contribution in [0, 0.1) is 0 Å². The predicted molar refractivity (Wildman–Crippen MR) is 98.7 cm³/mol. The highest BCUT2D eigenvalue weighted by molar-refractivity contribution is 6.30. The molecule has 0 radical (unpaired) electrons. The average Bonchev–Trinajstić information content (AvgIpc) is 2.62. The van der Waals surface area contributed by atoms with Crippen molar-refractivity contribution < 1.29 is 9.59 Å². The maximum absolute atomic E-state index is 12.6. The topological polar surface area (TPSA) is 69.9 Å². The summed E-state index contributed by atoms with van der Waals surface area (Å²) in [6, 6.07) is 7.40. The highest BCUT2D eigenvalue weighted by atomic mass is 35.5. The second kappa shape index (κ2) is 8.06. The molecule has 2 heterocycles. The molecular weight excluding hydrogens is 340 g/mol. The number of hydrogen-bond donors (Lipinski definition) is 1. The molecule has 0 unspecified atom stereocenters. The second-order valence-corrected chi connectivity index (χ2v) is 7.18. The van der Waals surface area contributed by atoms with E-state index in [1.54, 1.807) is 4.90 Å². The standard InChI is InChI=1S/C18H25ClN4O2/c19-14-4-3-5-15(12-14)22-10-8-21(9-11-22)13-17(24)23-7-2-1-6-16(23)18(20)25/h3-5,12,16H,1-2,6-11,13H2,(H2,20,25)/t16-/m1/s1. The minimum atomic E-state index is -0.436. The summed E-state index contributed by atoms with van der Waals surface area (Å²) in [5.74, 6) is -0.376. The minimum absolute atomic E-state index is 0.0136. The minimum Gasteiger partial charge on any atom is -0.369 e. The summed E-state index contributed by atoms with van der Waals surface area (Å²) in [7, 11) is 0. The van der Waals surface area contributed by atoms with Crippen LogP contribution >= 0.6 is 11.6 Å². The van der Waals surface area contributed by atoms with E-state index in [4.69, 9.17) is 17.3 Å². The summed E-state index contributed by atoms with van der Waals surface area (Å²) in [5, 5.41) is 0.734. The Bertz CT molecular complexity index is 631. The lowest BCUT2D eigenvalue weighted by Crippen LogP contribution is -2.55. The van der Waals surface area contributed by atoms with Crippen LogP contribution in [0.3, 0.4) is 0 Å². The molecule has 2 fully saturated rings. The van der Waals surface area contributed by atoms with Crippen molar-refractivity contribution in [3.05, 3.63) is 29.3 Å². The van der Waals surface area contributed by atoms with Gasteiger partial charge >= 0.3 is 0 Å². The number of benzene rings is 1. The Morgan fingerprint density at radius 3 is 2.56 bits per heavy atom. The number of piperazine rings is 1. The van der Waals surface area contributed by atoms with E-state index in [1.807, 2.05) is 18.2 Å². The number of likely N-dealkylation sites (tertiary alicyclic amines) is 1. The molecule has 0 bridgehead atoms. The average molecular weight is 365 g/mol. The number of carbonyl (C=O) groups is 2. The molecule has 2 aliphatic rings. The maximum atomic E-state index is 12.6. The van der Waals surface area contributed by atoms with Crippen LogP contribution in [-0.4, -0.2) is 66.9 Å². The summed E-state index contributed by atoms with van der Waals surface area (Å²) in [4.78, 5) is 30.3. The van der Waals surface area contributed by atoms with Crippen LogP contribution in [0.1, 0.15) is 19.3 Å². The van der Waals surface area contributed by atoms with Crippen LogP contribution in [0.25, 0.3) is 0 Å². The number of piperidine rings is 1. The number of anilines is 1. The molecule has 2 N–H and O–H groups in total. The van der Waals surface area contributed by atoms with Gasteiger partial charge in [-0.15, -0.1) is 0 Å². The van der Waals surface area contributed by atoms with Gasteiger partial charge in [-0.3, -0.25) is 14.5 Å². The molecular formula is C18H25ClN4O2. The second-order valence-electron chi connectivity index (χ2n) is 6.74. The van der Waals surface area contributed by atoms with Crippen molar-refractivity contribution in [3.8, 4) is 0 Å². The lowest BCUT2D eigenvalue weighted by atomic mass is 10.0. The first-order valence-corrected chi connectivity index (χ1v) is 9.24. The Kier molecular flexibility index (Phi) is 5.81. The fourth-order valence-electron chi connectivity index (χ4n) is 3.64. The van der Waals surface area contributed by atoms with Crippen LogP contribution in [0.2, 0.25) is 5.02 Å². The highest BCUT2D eigenvalue weighted by Gasteiger charge is 2.31. The third-order valence-corrected chi connectivity index (χ3v) is 5.29. The fraction of sp³-hybridized carbons (Fsp3) is 0.556. The van der Waals surface area contributed by atoms with E-state index in [-0.39, 0.29) is 11.8 Å². The van der Waals surface area contributed by atoms with Crippen molar-refractivity contribution in [2.45, 2.75) is 25.3 Å². The van der Waals surface area contributed by atoms with Crippen LogP contribution in [0.15, 0.2) is 24.3 Å². The number of primary amides is 1. The first-order chi connectivity index (χ1) is 12.0. The van der Waals surface area contributed by atoms with Crippen molar-refractivity contribution in [3.63, 3.8) is 0 Å². The smallest absolute Gasteiger partial charge is 0.240 e. The first-order valence-electron chi connectivity index (χ1n) is 8.86. The van der Waals surface area contributed by atoms with Gasteiger partial charge in [0.05, 0.1) is 6.54 Å². The molecule has 25 heavy (non-hydrogen) atoms. The van der Waals surface area contributed by atoms with Gasteiger partial charge < -0.3 is 15.5 Å². The number of carbonyl (C=O) groups excluding carboxylic acids is 2. The van der Waals surface area contributed by atoms with Crippen molar-refractivity contribution in [1.29, 1.82) is 0 Å². The van der Waals surface area contributed by atoms with Gasteiger partial charge in [0.25, 0.3) is 0 Å². The Hall–Kier alpha value is -1.79. The monoisotopic (exact) mass is 364 g/mol. The first kappa shape index (κ1) is 18.0. The van der Waals surface area contributed by atoms with Gasteiger partial charge in [-0.25, -0.2) is 0 Å². The van der Waals surface area contributed by atoms with Crippen LogP contribution in [0.4, 0.5) is 5.69 Å². The molecule has 0 aliphatic carbocycles. The SMILES string of the molecule is NC(=O)[C@H]1CCCCN1C(=O)CN1CCN(c2cccc(Cl)c2)CC1. The Balaban J connectivity index is 1.53. The Morgan fingerprint density at radius 1 is 1.12 bits per heavy atom. The third kappa shape index (κ3) is 4.44. The van der Waals surface area contributed by atoms with Gasteiger partial charge in [-0.2, -0.15) is 0 Å². The lowest BCUT2D eigenvalue weighted by Gasteiger charge is -2.38. The zero-order valence-corrected chi connectivity index (χ0v) is 15.1. The summed E-state index contributed by atoms with van der Waals surface area (Å²) < 4.78 is 0. The van der Waals surface area contributed by atoms with Crippen molar-refractivity contribution in [2.24, 2.45) is 5.73 Å². The van der Waals surface area contributed by atoms with Gasteiger partial charge in [0.1, 0.15) is 6.04 Å². The number of hydrogen-bond acceptors (Lipinski definition) is 4. The molecule has 2 saturated heterocycles. The normalized spacial score (nSPS) is 22.0. The molecule has 6 nitrogen and oxygen atoms in total. The largest absolute Gasteiger partial charge is 0.369 e. The zero-order valence-electron chi connectivity index (χ0n) is 14.4. The Morgan fingerprint density at radius 2 is 1.88 bits per heavy atom. The molecule has 1 atom stereocenters. The van der Waals surface area contributed by atoms with Gasteiger partial charge in [-0.05, 0) is 37.5 Å². The van der Waals surface area contributed by atoms with E-state index < -0.39 is 6.04 Å². The van der Waals surface area contributed by atoms with Gasteiger partial charge in [0.2, 0.25) is 11.8 Å². The molecule has 0 aromatic heterocycles. The predicted octanol–water partition coefficient (Wildman–Crippen LogP) is 1.33. The van der Waals surface area contributed by atoms with Gasteiger partial charge in [0.15, 0.2) is 0 Å². The summed E-state index contributed by atoms with van der Waals surface area (Å²) >= 11 is 6.06. The van der Waals surface area contributed by atoms with Crippen molar-refractivity contribution in [2.75, 3.05) is 44.2 Å². The molecule has 1 aromatic rings. The number of halogens is 1. The Labute approximate surface area is 153 Å². The van der Waals surface area contributed by atoms with Crippen molar-refractivity contribution >= 4 is 29.1 Å². The molecule has 2 amide bonds. The van der Waals surface area contributed by atoms with E-state index >= 15 is 0 Å². The quantitative estimate of drug-likeness (QED) is 0.875. The molecule has 2 aliphatic heterocycles. The number of rotatable bonds is 4. The van der Waals surface area contributed by atoms with Gasteiger partial charge in [-0.1, -0.05) is 17.7 Å². The zero-order chi connectivity index (χ0) is 17.8. The van der Waals surface area contributed by atoms with Gasteiger partial charge in [0, 0.05) is 43.4 Å². The molecule has 7 heteroatoms. The van der Waals surface area contributed by atoms with Crippen LogP contribution < -0.4 is 10.6 Å². The third-order valence-electron chi connectivity index (χ3n) is 5.06. The van der Waals surface area contributed by atoms with E-state index in [2.05, 4.69) is 15.9 Å². The van der Waals surface area contributed by atoms with Crippen LogP contribution in [0.5, 0.6) is 0 Å².